The van der Waals surface area contributed by atoms with Gasteiger partial charge in [0.25, 0.3) is 0 Å². The number of halogens is 1. The van der Waals surface area contributed by atoms with Gasteiger partial charge >= 0.3 is 0 Å². The molecule has 0 aliphatic carbocycles. The van der Waals surface area contributed by atoms with E-state index in [4.69, 9.17) is 16.2 Å². The first kappa shape index (κ1) is 16.5. The van der Waals surface area contributed by atoms with Crippen LogP contribution in [0.4, 0.5) is 0 Å². The van der Waals surface area contributed by atoms with Gasteiger partial charge in [0.15, 0.2) is 0 Å². The average Bonchev–Trinajstić information content (AvgIpc) is 2.39. The molecule has 4 N–H and O–H groups in total. The smallest absolute Gasteiger partial charge is 0.127 e. The Morgan fingerprint density at radius 2 is 1.74 bits per heavy atom. The van der Waals surface area contributed by atoms with E-state index in [2.05, 4.69) is 43.6 Å². The fourth-order valence-electron chi connectivity index (χ4n) is 2.50. The monoisotopic (exact) mass is 328 g/mol. The van der Waals surface area contributed by atoms with E-state index >= 15 is 0 Å². The standard InChI is InChI=1S/C15H25BrN2O/c1-8(6-7-17)14(18)12-11(4)13(16)9(2)10(3)15(12)19-5/h8,14H,6-7,17-18H2,1-5H3. The molecule has 0 aliphatic rings. The van der Waals surface area contributed by atoms with Gasteiger partial charge in [0.05, 0.1) is 7.11 Å². The molecule has 0 aliphatic heterocycles. The fraction of sp³-hybridized carbons (Fsp3) is 0.600. The summed E-state index contributed by atoms with van der Waals surface area (Å²) in [5.41, 5.74) is 16.7. The van der Waals surface area contributed by atoms with E-state index in [9.17, 15) is 0 Å². The Bertz CT molecular complexity index is 460. The maximum absolute atomic E-state index is 6.43. The largest absolute Gasteiger partial charge is 0.496 e. The van der Waals surface area contributed by atoms with Crippen molar-refractivity contribution in [2.75, 3.05) is 13.7 Å². The predicted octanol–water partition coefficient (Wildman–Crippen LogP) is 3.37. The van der Waals surface area contributed by atoms with Crippen LogP contribution in [0, 0.1) is 26.7 Å². The van der Waals surface area contributed by atoms with Gasteiger partial charge in [0.2, 0.25) is 0 Å². The van der Waals surface area contributed by atoms with Crippen molar-refractivity contribution in [3.05, 3.63) is 26.7 Å². The van der Waals surface area contributed by atoms with Crippen molar-refractivity contribution >= 4 is 15.9 Å². The number of benzene rings is 1. The van der Waals surface area contributed by atoms with Gasteiger partial charge < -0.3 is 16.2 Å². The van der Waals surface area contributed by atoms with Gasteiger partial charge in [-0.05, 0) is 56.3 Å². The minimum absolute atomic E-state index is 0.0610. The molecule has 1 aromatic carbocycles. The maximum atomic E-state index is 6.43. The number of methoxy groups -OCH3 is 1. The molecule has 2 atom stereocenters. The first-order chi connectivity index (χ1) is 8.86. The lowest BCUT2D eigenvalue weighted by molar-refractivity contribution is 0.381. The number of hydrogen-bond donors (Lipinski definition) is 2. The quantitative estimate of drug-likeness (QED) is 0.871. The van der Waals surface area contributed by atoms with E-state index in [1.165, 1.54) is 5.56 Å². The molecule has 0 saturated heterocycles. The molecule has 0 bridgehead atoms. The second kappa shape index (κ2) is 6.73. The highest BCUT2D eigenvalue weighted by Crippen LogP contribution is 2.40. The summed E-state index contributed by atoms with van der Waals surface area (Å²) >= 11 is 3.66. The molecule has 0 aromatic heterocycles. The van der Waals surface area contributed by atoms with Crippen molar-refractivity contribution in [2.24, 2.45) is 17.4 Å². The molecule has 0 saturated carbocycles. The molecule has 3 nitrogen and oxygen atoms in total. The van der Waals surface area contributed by atoms with Crippen LogP contribution in [0.1, 0.15) is 41.6 Å². The summed E-state index contributed by atoms with van der Waals surface area (Å²) in [7, 11) is 1.71. The molecular formula is C15H25BrN2O. The highest BCUT2D eigenvalue weighted by atomic mass is 79.9. The third-order valence-corrected chi connectivity index (χ3v) is 5.17. The van der Waals surface area contributed by atoms with Crippen molar-refractivity contribution < 1.29 is 4.74 Å². The fourth-order valence-corrected chi connectivity index (χ4v) is 3.01. The van der Waals surface area contributed by atoms with E-state index in [1.807, 2.05) is 0 Å². The van der Waals surface area contributed by atoms with Gasteiger partial charge in [-0.2, -0.15) is 0 Å². The van der Waals surface area contributed by atoms with E-state index in [1.54, 1.807) is 7.11 Å². The zero-order valence-corrected chi connectivity index (χ0v) is 14.1. The molecule has 4 heteroatoms. The lowest BCUT2D eigenvalue weighted by Crippen LogP contribution is -2.23. The summed E-state index contributed by atoms with van der Waals surface area (Å²) in [5.74, 6) is 1.24. The highest BCUT2D eigenvalue weighted by molar-refractivity contribution is 9.10. The summed E-state index contributed by atoms with van der Waals surface area (Å²) in [4.78, 5) is 0. The second-order valence-corrected chi connectivity index (χ2v) is 6.01. The molecular weight excluding hydrogens is 304 g/mol. The van der Waals surface area contributed by atoms with Crippen molar-refractivity contribution in [1.82, 2.24) is 0 Å². The molecule has 1 rings (SSSR count). The van der Waals surface area contributed by atoms with Crippen LogP contribution in [0.3, 0.4) is 0 Å². The maximum Gasteiger partial charge on any atom is 0.127 e. The summed E-state index contributed by atoms with van der Waals surface area (Å²) in [5, 5.41) is 0. The highest BCUT2D eigenvalue weighted by Gasteiger charge is 2.24. The Morgan fingerprint density at radius 3 is 2.21 bits per heavy atom. The molecule has 2 unspecified atom stereocenters. The summed E-state index contributed by atoms with van der Waals surface area (Å²) < 4.78 is 6.73. The minimum Gasteiger partial charge on any atom is -0.496 e. The average molecular weight is 329 g/mol. The lowest BCUT2D eigenvalue weighted by Gasteiger charge is -2.26. The molecule has 0 spiro atoms. The Labute approximate surface area is 124 Å². The molecule has 108 valence electrons. The molecule has 19 heavy (non-hydrogen) atoms. The third kappa shape index (κ3) is 3.12. The Hall–Kier alpha value is -0.580. The van der Waals surface area contributed by atoms with E-state index in [0.29, 0.717) is 12.5 Å². The minimum atomic E-state index is -0.0610. The first-order valence-corrected chi connectivity index (χ1v) is 7.44. The van der Waals surface area contributed by atoms with Gasteiger partial charge in [-0.1, -0.05) is 22.9 Å². The van der Waals surface area contributed by atoms with Crippen molar-refractivity contribution in [1.29, 1.82) is 0 Å². The Morgan fingerprint density at radius 1 is 1.16 bits per heavy atom. The number of hydrogen-bond acceptors (Lipinski definition) is 3. The first-order valence-electron chi connectivity index (χ1n) is 6.65. The van der Waals surface area contributed by atoms with Crippen LogP contribution in [-0.4, -0.2) is 13.7 Å². The Balaban J connectivity index is 3.41. The van der Waals surface area contributed by atoms with Crippen molar-refractivity contribution in [3.8, 4) is 5.75 Å². The molecule has 0 heterocycles. The normalized spacial score (nSPS) is 14.3. The van der Waals surface area contributed by atoms with E-state index in [-0.39, 0.29) is 6.04 Å². The molecule has 0 amide bonds. The van der Waals surface area contributed by atoms with Gasteiger partial charge in [0.1, 0.15) is 5.75 Å². The summed E-state index contributed by atoms with van der Waals surface area (Å²) in [6.07, 6.45) is 0.911. The number of rotatable bonds is 5. The number of nitrogens with two attached hydrogens (primary N) is 2. The van der Waals surface area contributed by atoms with Crippen LogP contribution >= 0.6 is 15.9 Å². The van der Waals surface area contributed by atoms with Gasteiger partial charge in [-0.15, -0.1) is 0 Å². The van der Waals surface area contributed by atoms with E-state index < -0.39 is 0 Å². The zero-order chi connectivity index (χ0) is 14.7. The van der Waals surface area contributed by atoms with Crippen LogP contribution in [0.15, 0.2) is 4.47 Å². The van der Waals surface area contributed by atoms with Crippen LogP contribution in [0.25, 0.3) is 0 Å². The summed E-state index contributed by atoms with van der Waals surface area (Å²) in [6.45, 7) is 9.04. The van der Waals surface area contributed by atoms with Crippen molar-refractivity contribution in [2.45, 2.75) is 40.2 Å². The molecule has 0 radical (unpaired) electrons. The van der Waals surface area contributed by atoms with E-state index in [0.717, 1.165) is 33.3 Å². The van der Waals surface area contributed by atoms with Gasteiger partial charge in [-0.3, -0.25) is 0 Å². The van der Waals surface area contributed by atoms with Crippen molar-refractivity contribution in [3.63, 3.8) is 0 Å². The second-order valence-electron chi connectivity index (χ2n) is 5.22. The lowest BCUT2D eigenvalue weighted by atomic mass is 9.87. The Kier molecular flexibility index (Phi) is 5.83. The molecule has 0 fully saturated rings. The number of ether oxygens (including phenoxy) is 1. The van der Waals surface area contributed by atoms with Crippen LogP contribution in [0.5, 0.6) is 5.75 Å². The predicted molar refractivity (Wildman–Crippen MR) is 84.7 cm³/mol. The van der Waals surface area contributed by atoms with Crippen LogP contribution in [0.2, 0.25) is 0 Å². The van der Waals surface area contributed by atoms with Crippen LogP contribution in [-0.2, 0) is 0 Å². The SMILES string of the molecule is COc1c(C)c(C)c(Br)c(C)c1C(N)C(C)CCN. The van der Waals surface area contributed by atoms with Crippen LogP contribution < -0.4 is 16.2 Å². The topological polar surface area (TPSA) is 61.3 Å². The van der Waals surface area contributed by atoms with Gasteiger partial charge in [0, 0.05) is 16.1 Å². The third-order valence-electron chi connectivity index (χ3n) is 3.98. The zero-order valence-electron chi connectivity index (χ0n) is 12.5. The summed E-state index contributed by atoms with van der Waals surface area (Å²) in [6, 6.07) is -0.0610. The van der Waals surface area contributed by atoms with Gasteiger partial charge in [-0.25, -0.2) is 0 Å². The molecule has 1 aromatic rings.